The predicted molar refractivity (Wildman–Crippen MR) is 128 cm³/mol. The maximum absolute atomic E-state index is 11.9. The van der Waals surface area contributed by atoms with Crippen molar-refractivity contribution in [3.05, 3.63) is 72.1 Å². The molecule has 6 nitrogen and oxygen atoms in total. The molecule has 1 aliphatic carbocycles. The smallest absolute Gasteiger partial charge is 0.356 e. The Morgan fingerprint density at radius 3 is 2.53 bits per heavy atom. The number of pyridine rings is 2. The topological polar surface area (TPSA) is 67.3 Å². The number of nitrogens with one attached hydrogen (secondary N) is 1. The van der Waals surface area contributed by atoms with Crippen molar-refractivity contribution in [2.24, 2.45) is 0 Å². The minimum absolute atomic E-state index is 0.276. The highest BCUT2D eigenvalue weighted by molar-refractivity contribution is 5.87. The molecule has 1 aromatic carbocycles. The molecule has 0 unspecified atom stereocenters. The van der Waals surface area contributed by atoms with Crippen LogP contribution in [0.5, 0.6) is 0 Å². The third-order valence-electron chi connectivity index (χ3n) is 5.95. The van der Waals surface area contributed by atoms with Crippen LogP contribution in [0.3, 0.4) is 0 Å². The molecule has 6 heteroatoms. The molecule has 0 amide bonds. The summed E-state index contributed by atoms with van der Waals surface area (Å²) in [5.41, 5.74) is 3.63. The van der Waals surface area contributed by atoms with Crippen LogP contribution >= 0.6 is 0 Å². The Hall–Kier alpha value is -3.41. The zero-order chi connectivity index (χ0) is 22.3. The molecular weight excluding hydrogens is 400 g/mol. The van der Waals surface area contributed by atoms with E-state index in [1.807, 2.05) is 19.2 Å². The van der Waals surface area contributed by atoms with E-state index in [-0.39, 0.29) is 5.69 Å². The molecule has 2 aromatic heterocycles. The number of esters is 1. The second-order valence-electron chi connectivity index (χ2n) is 8.14. The number of hydrogen-bond donors (Lipinski definition) is 1. The Balaban J connectivity index is 1.41. The maximum Gasteiger partial charge on any atom is 0.356 e. The van der Waals surface area contributed by atoms with Crippen molar-refractivity contribution in [1.82, 2.24) is 9.97 Å². The third-order valence-corrected chi connectivity index (χ3v) is 5.95. The number of nitrogens with zero attached hydrogens (tertiary/aromatic N) is 3. The summed E-state index contributed by atoms with van der Waals surface area (Å²) >= 11 is 0. The highest BCUT2D eigenvalue weighted by atomic mass is 16.5. The lowest BCUT2D eigenvalue weighted by molar-refractivity contribution is 0.0519. The van der Waals surface area contributed by atoms with Crippen molar-refractivity contribution in [1.29, 1.82) is 0 Å². The van der Waals surface area contributed by atoms with Gasteiger partial charge in [0, 0.05) is 12.7 Å². The van der Waals surface area contributed by atoms with Crippen LogP contribution in [0.25, 0.3) is 0 Å². The lowest BCUT2D eigenvalue weighted by Crippen LogP contribution is -2.12. The van der Waals surface area contributed by atoms with Crippen LogP contribution in [0.15, 0.2) is 60.8 Å². The normalized spacial score (nSPS) is 14.1. The van der Waals surface area contributed by atoms with E-state index in [1.54, 1.807) is 31.3 Å². The van der Waals surface area contributed by atoms with Crippen molar-refractivity contribution in [2.75, 3.05) is 23.9 Å². The number of ether oxygens (including phenoxy) is 1. The van der Waals surface area contributed by atoms with E-state index in [1.165, 1.54) is 37.7 Å². The van der Waals surface area contributed by atoms with Gasteiger partial charge in [-0.1, -0.05) is 37.5 Å². The first-order valence-electron chi connectivity index (χ1n) is 11.3. The Labute approximate surface area is 189 Å². The van der Waals surface area contributed by atoms with Gasteiger partial charge in [-0.05, 0) is 67.6 Å². The maximum atomic E-state index is 11.9. The molecule has 0 saturated heterocycles. The predicted octanol–water partition coefficient (Wildman–Crippen LogP) is 6.21. The van der Waals surface area contributed by atoms with Gasteiger partial charge in [-0.3, -0.25) is 0 Å². The van der Waals surface area contributed by atoms with E-state index in [0.717, 1.165) is 17.2 Å². The van der Waals surface area contributed by atoms with Crippen molar-refractivity contribution in [3.63, 3.8) is 0 Å². The minimum Gasteiger partial charge on any atom is -0.461 e. The van der Waals surface area contributed by atoms with Gasteiger partial charge in [0.05, 0.1) is 18.5 Å². The van der Waals surface area contributed by atoms with Gasteiger partial charge < -0.3 is 15.0 Å². The van der Waals surface area contributed by atoms with Crippen molar-refractivity contribution >= 4 is 29.0 Å². The van der Waals surface area contributed by atoms with Gasteiger partial charge in [0.2, 0.25) is 0 Å². The summed E-state index contributed by atoms with van der Waals surface area (Å²) in [5, 5.41) is 3.19. The summed E-state index contributed by atoms with van der Waals surface area (Å²) in [6.45, 7) is 2.09. The molecule has 2 heterocycles. The van der Waals surface area contributed by atoms with Crippen LogP contribution < -0.4 is 10.2 Å². The van der Waals surface area contributed by atoms with Gasteiger partial charge in [0.1, 0.15) is 11.6 Å². The van der Waals surface area contributed by atoms with Gasteiger partial charge in [-0.15, -0.1) is 0 Å². The fraction of sp³-hybridized carbons (Fsp3) is 0.346. The molecule has 1 saturated carbocycles. The fourth-order valence-electron chi connectivity index (χ4n) is 4.17. The van der Waals surface area contributed by atoms with Crippen molar-refractivity contribution in [2.45, 2.75) is 44.9 Å². The number of hydrogen-bond acceptors (Lipinski definition) is 6. The molecular formula is C26H30N4O2. The SMILES string of the molecule is CCOC(=O)c1cccc(Nc2ccc(N(C)c3ccc(C4CCCCC4)cc3)nc2)n1. The molecule has 32 heavy (non-hydrogen) atoms. The largest absolute Gasteiger partial charge is 0.461 e. The Morgan fingerprint density at radius 1 is 1.06 bits per heavy atom. The van der Waals surface area contributed by atoms with E-state index in [2.05, 4.69) is 44.5 Å². The zero-order valence-electron chi connectivity index (χ0n) is 18.8. The molecule has 0 radical (unpaired) electrons. The first kappa shape index (κ1) is 21.8. The third kappa shape index (κ3) is 5.25. The molecule has 1 fully saturated rings. The van der Waals surface area contributed by atoms with Gasteiger partial charge in [0.15, 0.2) is 5.69 Å². The molecule has 4 rings (SSSR count). The lowest BCUT2D eigenvalue weighted by Gasteiger charge is -2.23. The Kier molecular flexibility index (Phi) is 7.00. The zero-order valence-corrected chi connectivity index (χ0v) is 18.8. The van der Waals surface area contributed by atoms with Crippen LogP contribution in [-0.4, -0.2) is 29.6 Å². The summed E-state index contributed by atoms with van der Waals surface area (Å²) < 4.78 is 5.01. The second kappa shape index (κ2) is 10.3. The molecule has 1 N–H and O–H groups in total. The van der Waals surface area contributed by atoms with Gasteiger partial charge in [-0.2, -0.15) is 0 Å². The van der Waals surface area contributed by atoms with Crippen molar-refractivity contribution in [3.8, 4) is 0 Å². The molecule has 0 bridgehead atoms. The number of aromatic nitrogens is 2. The highest BCUT2D eigenvalue weighted by Gasteiger charge is 2.16. The van der Waals surface area contributed by atoms with Crippen LogP contribution in [0.2, 0.25) is 0 Å². The molecule has 3 aromatic rings. The van der Waals surface area contributed by atoms with Gasteiger partial charge in [-0.25, -0.2) is 14.8 Å². The van der Waals surface area contributed by atoms with E-state index in [4.69, 9.17) is 4.74 Å². The average Bonchev–Trinajstić information content (AvgIpc) is 2.85. The van der Waals surface area contributed by atoms with Gasteiger partial charge in [0.25, 0.3) is 0 Å². The quantitative estimate of drug-likeness (QED) is 0.449. The monoisotopic (exact) mass is 430 g/mol. The van der Waals surface area contributed by atoms with E-state index in [0.29, 0.717) is 18.3 Å². The second-order valence-corrected chi connectivity index (χ2v) is 8.14. The first-order valence-corrected chi connectivity index (χ1v) is 11.3. The first-order chi connectivity index (χ1) is 15.6. The molecule has 0 atom stereocenters. The Morgan fingerprint density at radius 2 is 1.84 bits per heavy atom. The Bertz CT molecular complexity index is 1030. The summed E-state index contributed by atoms with van der Waals surface area (Å²) in [6.07, 6.45) is 8.45. The summed E-state index contributed by atoms with van der Waals surface area (Å²) in [5.74, 6) is 1.70. The minimum atomic E-state index is -0.430. The number of benzene rings is 1. The van der Waals surface area contributed by atoms with Crippen LogP contribution in [-0.2, 0) is 4.74 Å². The molecule has 1 aliphatic rings. The summed E-state index contributed by atoms with van der Waals surface area (Å²) in [6, 6.07) is 18.0. The van der Waals surface area contributed by atoms with Crippen LogP contribution in [0.1, 0.15) is 61.0 Å². The number of rotatable bonds is 7. The van der Waals surface area contributed by atoms with Crippen LogP contribution in [0, 0.1) is 0 Å². The lowest BCUT2D eigenvalue weighted by atomic mass is 9.84. The van der Waals surface area contributed by atoms with Crippen molar-refractivity contribution < 1.29 is 9.53 Å². The van der Waals surface area contributed by atoms with E-state index in [9.17, 15) is 4.79 Å². The number of carbonyl (C=O) groups excluding carboxylic acids is 1. The standard InChI is InChI=1S/C26H30N4O2/c1-3-32-26(31)23-10-7-11-24(29-23)28-21-14-17-25(27-18-21)30(2)22-15-12-20(13-16-22)19-8-5-4-6-9-19/h7,10-19H,3-6,8-9H2,1-2H3,(H,28,29). The number of anilines is 4. The van der Waals surface area contributed by atoms with Gasteiger partial charge >= 0.3 is 5.97 Å². The van der Waals surface area contributed by atoms with E-state index >= 15 is 0 Å². The number of carbonyl (C=O) groups is 1. The molecule has 166 valence electrons. The van der Waals surface area contributed by atoms with Crippen LogP contribution in [0.4, 0.5) is 23.0 Å². The molecule has 0 spiro atoms. The average molecular weight is 431 g/mol. The summed E-state index contributed by atoms with van der Waals surface area (Å²) in [4.78, 5) is 22.9. The summed E-state index contributed by atoms with van der Waals surface area (Å²) in [7, 11) is 2.02. The highest BCUT2D eigenvalue weighted by Crippen LogP contribution is 2.34. The molecule has 0 aliphatic heterocycles. The van der Waals surface area contributed by atoms with E-state index < -0.39 is 5.97 Å². The fourth-order valence-corrected chi connectivity index (χ4v) is 4.17.